The summed E-state index contributed by atoms with van der Waals surface area (Å²) in [6.07, 6.45) is -1.13. The standard InChI is InChI=1S/C7H4F3N3/c8-7(9,10)13-2-1-5-6(3-13)12-4-11-5/h1-4H/p+1. The van der Waals surface area contributed by atoms with Crippen molar-refractivity contribution in [1.29, 1.82) is 0 Å². The van der Waals surface area contributed by atoms with Gasteiger partial charge in [0.05, 0.1) is 6.33 Å². The van der Waals surface area contributed by atoms with Gasteiger partial charge in [-0.05, 0) is 0 Å². The summed E-state index contributed by atoms with van der Waals surface area (Å²) in [6, 6.07) is 1.30. The quantitative estimate of drug-likeness (QED) is 0.621. The van der Waals surface area contributed by atoms with Gasteiger partial charge in [-0.25, -0.2) is 4.98 Å². The van der Waals surface area contributed by atoms with E-state index >= 15 is 0 Å². The zero-order valence-corrected chi connectivity index (χ0v) is 6.34. The lowest BCUT2D eigenvalue weighted by Crippen LogP contribution is -2.46. The van der Waals surface area contributed by atoms with E-state index in [1.54, 1.807) is 0 Å². The van der Waals surface area contributed by atoms with E-state index in [1.807, 2.05) is 0 Å². The number of pyridine rings is 1. The van der Waals surface area contributed by atoms with Crippen LogP contribution in [0.3, 0.4) is 0 Å². The molecule has 2 aromatic rings. The van der Waals surface area contributed by atoms with Crippen LogP contribution in [0.1, 0.15) is 0 Å². The van der Waals surface area contributed by atoms with E-state index in [0.717, 1.165) is 12.4 Å². The Morgan fingerprint density at radius 3 is 2.85 bits per heavy atom. The van der Waals surface area contributed by atoms with Crippen LogP contribution in [-0.4, -0.2) is 9.97 Å². The second-order valence-electron chi connectivity index (χ2n) is 2.52. The molecule has 0 bridgehead atoms. The van der Waals surface area contributed by atoms with E-state index in [2.05, 4.69) is 9.97 Å². The Labute approximate surface area is 70.8 Å². The Balaban J connectivity index is 2.61. The van der Waals surface area contributed by atoms with Gasteiger partial charge in [0.25, 0.3) is 0 Å². The maximum Gasteiger partial charge on any atom is 0.638 e. The van der Waals surface area contributed by atoms with E-state index in [1.165, 1.54) is 12.4 Å². The lowest BCUT2D eigenvalue weighted by atomic mass is 10.4. The van der Waals surface area contributed by atoms with Crippen LogP contribution in [0.2, 0.25) is 0 Å². The first-order valence-corrected chi connectivity index (χ1v) is 3.49. The number of nitrogens with one attached hydrogen (secondary N) is 1. The van der Waals surface area contributed by atoms with E-state index in [4.69, 9.17) is 0 Å². The van der Waals surface area contributed by atoms with Crippen LogP contribution < -0.4 is 4.57 Å². The number of H-pyrrole nitrogens is 1. The van der Waals surface area contributed by atoms with Crippen molar-refractivity contribution in [2.75, 3.05) is 0 Å². The molecule has 0 spiro atoms. The summed E-state index contributed by atoms with van der Waals surface area (Å²) in [5.74, 6) is 0. The van der Waals surface area contributed by atoms with E-state index < -0.39 is 6.30 Å². The van der Waals surface area contributed by atoms with Crippen molar-refractivity contribution in [2.24, 2.45) is 0 Å². The highest BCUT2D eigenvalue weighted by Crippen LogP contribution is 2.14. The number of hydrogen-bond donors (Lipinski definition) is 1. The van der Waals surface area contributed by atoms with Crippen molar-refractivity contribution in [2.45, 2.75) is 6.30 Å². The Kier molecular flexibility index (Phi) is 1.51. The average molecular weight is 188 g/mol. The number of aromatic nitrogens is 3. The third-order valence-electron chi connectivity index (χ3n) is 1.65. The highest BCUT2D eigenvalue weighted by atomic mass is 19.4. The minimum Gasteiger partial charge on any atom is -0.340 e. The third-order valence-corrected chi connectivity index (χ3v) is 1.65. The van der Waals surface area contributed by atoms with Gasteiger partial charge in [0, 0.05) is 6.07 Å². The lowest BCUT2D eigenvalue weighted by molar-refractivity contribution is -0.854. The first-order chi connectivity index (χ1) is 6.07. The van der Waals surface area contributed by atoms with Crippen molar-refractivity contribution >= 4 is 11.0 Å². The summed E-state index contributed by atoms with van der Waals surface area (Å²) in [4.78, 5) is 6.41. The number of aromatic amines is 1. The smallest absolute Gasteiger partial charge is 0.340 e. The lowest BCUT2D eigenvalue weighted by Gasteiger charge is -1.97. The molecule has 3 nitrogen and oxygen atoms in total. The van der Waals surface area contributed by atoms with Crippen LogP contribution in [0, 0.1) is 0 Å². The number of halogens is 3. The van der Waals surface area contributed by atoms with Crippen LogP contribution in [0.15, 0.2) is 24.8 Å². The van der Waals surface area contributed by atoms with Gasteiger partial charge in [0.2, 0.25) is 6.20 Å². The minimum absolute atomic E-state index is 0.174. The normalized spacial score (nSPS) is 12.2. The van der Waals surface area contributed by atoms with Crippen molar-refractivity contribution in [1.82, 2.24) is 9.97 Å². The molecule has 0 unspecified atom stereocenters. The molecule has 68 valence electrons. The Morgan fingerprint density at radius 2 is 2.15 bits per heavy atom. The predicted octanol–water partition coefficient (Wildman–Crippen LogP) is 1.33. The second kappa shape index (κ2) is 2.45. The fourth-order valence-corrected chi connectivity index (χ4v) is 1.04. The molecule has 0 saturated carbocycles. The van der Waals surface area contributed by atoms with Crippen LogP contribution in [0.25, 0.3) is 11.0 Å². The molecule has 13 heavy (non-hydrogen) atoms. The Morgan fingerprint density at radius 1 is 1.38 bits per heavy atom. The maximum atomic E-state index is 12.2. The fourth-order valence-electron chi connectivity index (χ4n) is 1.04. The molecule has 2 rings (SSSR count). The monoisotopic (exact) mass is 188 g/mol. The molecule has 2 heterocycles. The van der Waals surface area contributed by atoms with Crippen molar-refractivity contribution in [3.8, 4) is 0 Å². The Hall–Kier alpha value is -1.59. The second-order valence-corrected chi connectivity index (χ2v) is 2.52. The van der Waals surface area contributed by atoms with E-state index in [-0.39, 0.29) is 4.57 Å². The van der Waals surface area contributed by atoms with Crippen molar-refractivity contribution in [3.05, 3.63) is 24.8 Å². The average Bonchev–Trinajstić information content (AvgIpc) is 2.47. The van der Waals surface area contributed by atoms with Gasteiger partial charge in [0.15, 0.2) is 6.20 Å². The molecule has 1 N–H and O–H groups in total. The summed E-state index contributed by atoms with van der Waals surface area (Å²) in [5.41, 5.74) is 0.875. The van der Waals surface area contributed by atoms with Crippen LogP contribution in [0.4, 0.5) is 13.2 Å². The van der Waals surface area contributed by atoms with Gasteiger partial charge in [-0.3, -0.25) is 0 Å². The molecule has 0 saturated heterocycles. The summed E-state index contributed by atoms with van der Waals surface area (Å²) in [7, 11) is 0. The number of fused-ring (bicyclic) bond motifs is 1. The number of rotatable bonds is 0. The molecule has 0 fully saturated rings. The molecule has 0 radical (unpaired) electrons. The van der Waals surface area contributed by atoms with Gasteiger partial charge in [-0.1, -0.05) is 0 Å². The third kappa shape index (κ3) is 1.34. The predicted molar refractivity (Wildman–Crippen MR) is 37.6 cm³/mol. The maximum absolute atomic E-state index is 12.2. The SMILES string of the molecule is FC(F)(F)[n+]1ccc2nc[nH]c2c1. The van der Waals surface area contributed by atoms with Crippen LogP contribution in [0.5, 0.6) is 0 Å². The first-order valence-electron chi connectivity index (χ1n) is 3.49. The highest BCUT2D eigenvalue weighted by molar-refractivity contribution is 5.71. The molecule has 0 atom stereocenters. The number of imidazole rings is 1. The molecule has 0 aliphatic carbocycles. The molecule has 2 aromatic heterocycles. The van der Waals surface area contributed by atoms with Crippen molar-refractivity contribution < 1.29 is 17.7 Å². The van der Waals surface area contributed by atoms with Gasteiger partial charge in [-0.2, -0.15) is 0 Å². The van der Waals surface area contributed by atoms with Crippen LogP contribution >= 0.6 is 0 Å². The number of hydrogen-bond acceptors (Lipinski definition) is 1. The molecule has 0 aliphatic heterocycles. The van der Waals surface area contributed by atoms with Gasteiger partial charge >= 0.3 is 6.30 Å². The van der Waals surface area contributed by atoms with Crippen LogP contribution in [-0.2, 0) is 6.30 Å². The molecule has 0 amide bonds. The van der Waals surface area contributed by atoms with Gasteiger partial charge < -0.3 is 4.98 Å². The molecule has 0 aliphatic rings. The molecular weight excluding hydrogens is 183 g/mol. The number of nitrogens with zero attached hydrogens (tertiary/aromatic N) is 2. The zero-order chi connectivity index (χ0) is 9.47. The molecule has 6 heteroatoms. The first kappa shape index (κ1) is 8.03. The number of alkyl halides is 3. The van der Waals surface area contributed by atoms with E-state index in [0.29, 0.717) is 11.0 Å². The summed E-state index contributed by atoms with van der Waals surface area (Å²) in [6.45, 7) is 0. The molecular formula is C7H5F3N3+. The summed E-state index contributed by atoms with van der Waals surface area (Å²) >= 11 is 0. The largest absolute Gasteiger partial charge is 0.638 e. The summed E-state index contributed by atoms with van der Waals surface area (Å²) in [5, 5.41) is 0. The van der Waals surface area contributed by atoms with Crippen molar-refractivity contribution in [3.63, 3.8) is 0 Å². The topological polar surface area (TPSA) is 32.6 Å². The van der Waals surface area contributed by atoms with Gasteiger partial charge in [0.1, 0.15) is 11.0 Å². The Bertz CT molecular complexity index is 432. The molecule has 0 aromatic carbocycles. The van der Waals surface area contributed by atoms with Gasteiger partial charge in [-0.15, -0.1) is 17.7 Å². The zero-order valence-electron chi connectivity index (χ0n) is 6.34. The minimum atomic E-state index is -4.38. The van der Waals surface area contributed by atoms with E-state index in [9.17, 15) is 13.2 Å². The highest BCUT2D eigenvalue weighted by Gasteiger charge is 2.41. The summed E-state index contributed by atoms with van der Waals surface area (Å²) < 4.78 is 36.6. The fraction of sp³-hybridized carbons (Fsp3) is 0.143.